The second-order valence-electron chi connectivity index (χ2n) is 14.4. The Hall–Kier alpha value is -7.69. The van der Waals surface area contributed by atoms with Crippen LogP contribution in [0.3, 0.4) is 0 Å². The molecule has 9 aromatic carbocycles. The Balaban J connectivity index is 1.04. The molecular weight excluding hydrogens is 695 g/mol. The summed E-state index contributed by atoms with van der Waals surface area (Å²) < 4.78 is 6.52. The summed E-state index contributed by atoms with van der Waals surface area (Å²) in [4.78, 5) is 15.4. The molecule has 0 aliphatic heterocycles. The first kappa shape index (κ1) is 32.7. The van der Waals surface area contributed by atoms with Crippen molar-refractivity contribution in [3.05, 3.63) is 200 Å². The van der Waals surface area contributed by atoms with Gasteiger partial charge in [0.05, 0.1) is 0 Å². The van der Waals surface area contributed by atoms with Crippen molar-refractivity contribution in [3.63, 3.8) is 0 Å². The normalized spacial score (nSPS) is 11.5. The van der Waals surface area contributed by atoms with E-state index in [0.29, 0.717) is 17.5 Å². The molecular formula is C53H33N3O. The lowest BCUT2D eigenvalue weighted by molar-refractivity contribution is 0.669. The van der Waals surface area contributed by atoms with E-state index in [1.54, 1.807) is 0 Å². The molecule has 0 aliphatic rings. The van der Waals surface area contributed by atoms with Gasteiger partial charge in [-0.15, -0.1) is 0 Å². The first-order chi connectivity index (χ1) is 28.2. The zero-order valence-corrected chi connectivity index (χ0v) is 30.8. The SMILES string of the molecule is c1ccc(-c2nc(-c3cccc(-c4ccc5ccccc5c4)c3)nc(-c3ccc(-c4ccc5c(c4)oc4cccc(-c6ccccc6)c45)c4ccccc34)n2)cc1. The molecule has 11 aromatic rings. The zero-order chi connectivity index (χ0) is 37.7. The molecule has 4 nitrogen and oxygen atoms in total. The van der Waals surface area contributed by atoms with Crippen LogP contribution in [0, 0.1) is 0 Å². The average molecular weight is 728 g/mol. The van der Waals surface area contributed by atoms with Crippen LogP contribution in [0.5, 0.6) is 0 Å². The Morgan fingerprint density at radius 1 is 0.281 bits per heavy atom. The van der Waals surface area contributed by atoms with Crippen LogP contribution in [0.25, 0.3) is 111 Å². The molecule has 4 heteroatoms. The van der Waals surface area contributed by atoms with Crippen LogP contribution in [0.15, 0.2) is 205 Å². The number of aromatic nitrogens is 3. The highest BCUT2D eigenvalue weighted by molar-refractivity contribution is 6.14. The first-order valence-electron chi connectivity index (χ1n) is 19.2. The Morgan fingerprint density at radius 3 is 1.70 bits per heavy atom. The molecule has 0 spiro atoms. The molecule has 2 aromatic heterocycles. The van der Waals surface area contributed by atoms with Crippen LogP contribution in [0.4, 0.5) is 0 Å². The molecule has 0 saturated carbocycles. The number of hydrogen-bond acceptors (Lipinski definition) is 4. The van der Waals surface area contributed by atoms with Crippen LogP contribution in [-0.2, 0) is 0 Å². The average Bonchev–Trinajstić information content (AvgIpc) is 3.67. The van der Waals surface area contributed by atoms with Gasteiger partial charge in [0.25, 0.3) is 0 Å². The largest absolute Gasteiger partial charge is 0.456 e. The van der Waals surface area contributed by atoms with Gasteiger partial charge in [0.15, 0.2) is 17.5 Å². The summed E-state index contributed by atoms with van der Waals surface area (Å²) in [6, 6.07) is 69.9. The van der Waals surface area contributed by atoms with Crippen LogP contribution >= 0.6 is 0 Å². The van der Waals surface area contributed by atoms with E-state index in [1.165, 1.54) is 21.9 Å². The maximum absolute atomic E-state index is 6.52. The third-order valence-electron chi connectivity index (χ3n) is 10.9. The van der Waals surface area contributed by atoms with Gasteiger partial charge in [-0.2, -0.15) is 0 Å². The quantitative estimate of drug-likeness (QED) is 0.171. The van der Waals surface area contributed by atoms with Crippen molar-refractivity contribution in [1.82, 2.24) is 15.0 Å². The van der Waals surface area contributed by atoms with Crippen molar-refractivity contribution in [2.24, 2.45) is 0 Å². The smallest absolute Gasteiger partial charge is 0.164 e. The van der Waals surface area contributed by atoms with E-state index in [-0.39, 0.29) is 0 Å². The lowest BCUT2D eigenvalue weighted by Gasteiger charge is -2.13. The highest BCUT2D eigenvalue weighted by atomic mass is 16.3. The van der Waals surface area contributed by atoms with Gasteiger partial charge in [-0.25, -0.2) is 15.0 Å². The maximum atomic E-state index is 6.52. The minimum atomic E-state index is 0.624. The molecule has 0 N–H and O–H groups in total. The van der Waals surface area contributed by atoms with E-state index in [4.69, 9.17) is 19.4 Å². The van der Waals surface area contributed by atoms with Gasteiger partial charge in [0.1, 0.15) is 11.2 Å². The van der Waals surface area contributed by atoms with Gasteiger partial charge in [-0.3, -0.25) is 0 Å². The highest BCUT2D eigenvalue weighted by Crippen LogP contribution is 2.41. The van der Waals surface area contributed by atoms with Crippen LogP contribution in [0.1, 0.15) is 0 Å². The minimum absolute atomic E-state index is 0.624. The standard InChI is InChI=1S/C53H33N3O/c1-3-14-35(15-4-1)43-23-12-24-48-50(43)47-28-27-40(33-49(47)57-48)42-29-30-46(45-22-10-9-21-44(42)45)53-55-51(36-16-5-2-6-17-36)54-52(56-53)41-20-11-19-38(32-41)39-26-25-34-13-7-8-18-37(34)31-39/h1-33H. The molecule has 57 heavy (non-hydrogen) atoms. The highest BCUT2D eigenvalue weighted by Gasteiger charge is 2.18. The third-order valence-corrected chi connectivity index (χ3v) is 10.9. The summed E-state index contributed by atoms with van der Waals surface area (Å²) in [5, 5.41) is 6.83. The summed E-state index contributed by atoms with van der Waals surface area (Å²) in [5.41, 5.74) is 11.3. The topological polar surface area (TPSA) is 51.8 Å². The molecule has 0 fully saturated rings. The predicted octanol–water partition coefficient (Wildman–Crippen LogP) is 14.1. The predicted molar refractivity (Wildman–Crippen MR) is 235 cm³/mol. The third kappa shape index (κ3) is 5.83. The molecule has 0 saturated heterocycles. The van der Waals surface area contributed by atoms with Gasteiger partial charge in [-0.05, 0) is 91.3 Å². The summed E-state index contributed by atoms with van der Waals surface area (Å²) in [6.45, 7) is 0. The molecule has 266 valence electrons. The lowest BCUT2D eigenvalue weighted by atomic mass is 9.93. The second-order valence-corrected chi connectivity index (χ2v) is 14.4. The molecule has 0 unspecified atom stereocenters. The monoisotopic (exact) mass is 727 g/mol. The fourth-order valence-electron chi connectivity index (χ4n) is 8.15. The van der Waals surface area contributed by atoms with E-state index in [0.717, 1.165) is 71.7 Å². The Labute approximate surface area is 329 Å². The Morgan fingerprint density at radius 2 is 0.877 bits per heavy atom. The summed E-state index contributed by atoms with van der Waals surface area (Å²) in [7, 11) is 0. The van der Waals surface area contributed by atoms with E-state index in [1.807, 2.05) is 36.4 Å². The number of rotatable bonds is 6. The van der Waals surface area contributed by atoms with Crippen LogP contribution < -0.4 is 0 Å². The fraction of sp³-hybridized carbons (Fsp3) is 0. The summed E-state index contributed by atoms with van der Waals surface area (Å²) in [6.07, 6.45) is 0. The second kappa shape index (κ2) is 13.6. The zero-order valence-electron chi connectivity index (χ0n) is 30.8. The van der Waals surface area contributed by atoms with Crippen molar-refractivity contribution < 1.29 is 4.42 Å². The molecule has 0 radical (unpaired) electrons. The van der Waals surface area contributed by atoms with Crippen molar-refractivity contribution in [3.8, 4) is 67.5 Å². The molecule has 0 atom stereocenters. The van der Waals surface area contributed by atoms with Gasteiger partial charge >= 0.3 is 0 Å². The maximum Gasteiger partial charge on any atom is 0.164 e. The number of hydrogen-bond donors (Lipinski definition) is 0. The summed E-state index contributed by atoms with van der Waals surface area (Å²) in [5.74, 6) is 1.88. The number of nitrogens with zero attached hydrogens (tertiary/aromatic N) is 3. The van der Waals surface area contributed by atoms with Crippen LogP contribution in [0.2, 0.25) is 0 Å². The van der Waals surface area contributed by atoms with E-state index >= 15 is 0 Å². The summed E-state index contributed by atoms with van der Waals surface area (Å²) >= 11 is 0. The number of furan rings is 1. The number of benzene rings is 9. The number of fused-ring (bicyclic) bond motifs is 5. The first-order valence-corrected chi connectivity index (χ1v) is 19.2. The van der Waals surface area contributed by atoms with E-state index < -0.39 is 0 Å². The van der Waals surface area contributed by atoms with Gasteiger partial charge in [0.2, 0.25) is 0 Å². The van der Waals surface area contributed by atoms with E-state index in [2.05, 4.69) is 164 Å². The lowest BCUT2D eigenvalue weighted by Crippen LogP contribution is -2.01. The molecule has 0 amide bonds. The van der Waals surface area contributed by atoms with Gasteiger partial charge in [-0.1, -0.05) is 164 Å². The Bertz CT molecular complexity index is 3300. The van der Waals surface area contributed by atoms with Gasteiger partial charge < -0.3 is 4.42 Å². The molecule has 2 heterocycles. The molecule has 0 aliphatic carbocycles. The van der Waals surface area contributed by atoms with E-state index in [9.17, 15) is 0 Å². The van der Waals surface area contributed by atoms with Crippen molar-refractivity contribution in [2.75, 3.05) is 0 Å². The van der Waals surface area contributed by atoms with Crippen molar-refractivity contribution in [2.45, 2.75) is 0 Å². The van der Waals surface area contributed by atoms with Crippen molar-refractivity contribution in [1.29, 1.82) is 0 Å². The minimum Gasteiger partial charge on any atom is -0.456 e. The van der Waals surface area contributed by atoms with Crippen LogP contribution in [-0.4, -0.2) is 15.0 Å². The fourth-order valence-corrected chi connectivity index (χ4v) is 8.15. The Kier molecular flexibility index (Phi) is 7.78. The molecule has 0 bridgehead atoms. The van der Waals surface area contributed by atoms with Gasteiger partial charge in [0, 0.05) is 27.5 Å². The molecule has 11 rings (SSSR count). The van der Waals surface area contributed by atoms with Crippen molar-refractivity contribution >= 4 is 43.5 Å².